The Morgan fingerprint density at radius 3 is 2.56 bits per heavy atom. The van der Waals surface area contributed by atoms with Crippen LogP contribution in [-0.2, 0) is 14.8 Å². The average Bonchev–Trinajstić information content (AvgIpc) is 3.70. The van der Waals surface area contributed by atoms with Crippen molar-refractivity contribution in [3.8, 4) is 22.8 Å². The number of hydrogen-bond acceptors (Lipinski definition) is 8. The zero-order valence-electron chi connectivity index (χ0n) is 22.8. The summed E-state index contributed by atoms with van der Waals surface area (Å²) in [7, 11) is 3.84. The first-order chi connectivity index (χ1) is 18.7. The number of rotatable bonds is 11. The smallest absolute Gasteiger partial charge is 0.217 e. The highest BCUT2D eigenvalue weighted by Crippen LogP contribution is 2.38. The molecule has 5 rings (SSSR count). The van der Waals surface area contributed by atoms with E-state index in [1.807, 2.05) is 43.0 Å². The summed E-state index contributed by atoms with van der Waals surface area (Å²) in [6.45, 7) is 3.31. The molecular weight excluding hydrogens is 542 g/mol. The maximum atomic E-state index is 13.2. The molecule has 1 aliphatic carbocycles. The van der Waals surface area contributed by atoms with Crippen molar-refractivity contribution in [3.05, 3.63) is 41.7 Å². The summed E-state index contributed by atoms with van der Waals surface area (Å²) >= 11 is 6.39. The molecule has 2 aromatic heterocycles. The summed E-state index contributed by atoms with van der Waals surface area (Å²) in [5.74, 6) is 1.15. The van der Waals surface area contributed by atoms with Crippen LogP contribution in [0.5, 0.6) is 11.5 Å². The third-order valence-electron chi connectivity index (χ3n) is 7.25. The topological polar surface area (TPSA) is 88.8 Å². The molecule has 1 aromatic carbocycles. The quantitative estimate of drug-likeness (QED) is 0.321. The summed E-state index contributed by atoms with van der Waals surface area (Å²) in [5.41, 5.74) is 3.24. The van der Waals surface area contributed by atoms with E-state index >= 15 is 0 Å². The number of pyridine rings is 1. The molecule has 0 bridgehead atoms. The molecule has 0 radical (unpaired) electrons. The van der Waals surface area contributed by atoms with Crippen molar-refractivity contribution >= 4 is 33.0 Å². The van der Waals surface area contributed by atoms with E-state index < -0.39 is 10.0 Å². The fourth-order valence-corrected chi connectivity index (χ4v) is 7.16. The Labute approximate surface area is 235 Å². The summed E-state index contributed by atoms with van der Waals surface area (Å²) < 4.78 is 46.8. The lowest BCUT2D eigenvalue weighted by atomic mass is 10.1. The van der Waals surface area contributed by atoms with Crippen LogP contribution in [0.1, 0.15) is 12.8 Å². The van der Waals surface area contributed by atoms with Crippen LogP contribution in [0.15, 0.2) is 36.7 Å². The molecular formula is C27H36ClN5O5S. The molecule has 3 aromatic rings. The van der Waals surface area contributed by atoms with E-state index in [0.717, 1.165) is 42.0 Å². The van der Waals surface area contributed by atoms with Crippen molar-refractivity contribution in [3.63, 3.8) is 0 Å². The maximum absolute atomic E-state index is 13.2. The summed E-state index contributed by atoms with van der Waals surface area (Å²) in [6, 6.07) is 7.36. The van der Waals surface area contributed by atoms with E-state index in [1.54, 1.807) is 30.7 Å². The van der Waals surface area contributed by atoms with Crippen molar-refractivity contribution < 1.29 is 22.6 Å². The van der Waals surface area contributed by atoms with Crippen molar-refractivity contribution in [2.75, 3.05) is 72.6 Å². The van der Waals surface area contributed by atoms with Gasteiger partial charge in [-0.3, -0.25) is 0 Å². The van der Waals surface area contributed by atoms with E-state index in [2.05, 4.69) is 9.80 Å². The molecule has 2 fully saturated rings. The van der Waals surface area contributed by atoms with Gasteiger partial charge in [0, 0.05) is 62.0 Å². The first-order valence-corrected chi connectivity index (χ1v) is 15.0. The number of ether oxygens (including phenoxy) is 3. The van der Waals surface area contributed by atoms with Gasteiger partial charge in [0.15, 0.2) is 0 Å². The van der Waals surface area contributed by atoms with Gasteiger partial charge in [0.25, 0.3) is 0 Å². The highest BCUT2D eigenvalue weighted by Gasteiger charge is 2.44. The molecule has 0 spiro atoms. The second-order valence-corrected chi connectivity index (χ2v) is 12.9. The number of hydrogen-bond donors (Lipinski definition) is 0. The standard InChI is InChI=1S/C27H36ClN5O5S/c1-30(2)11-12-38-18-20-16-31(9-10-33(20)39(34,35)21-5-6-21)19-7-8-32-17-24(29-27(32)13-19)22-14-23(28)26(37-4)15-25(22)36-3/h7-8,13-15,17,20-21H,5-6,9-12,16,18H2,1-4H3. The summed E-state index contributed by atoms with van der Waals surface area (Å²) in [5, 5.41) is 0.236. The molecule has 1 aliphatic heterocycles. The minimum absolute atomic E-state index is 0.239. The highest BCUT2D eigenvalue weighted by atomic mass is 35.5. The number of imidazole rings is 1. The minimum atomic E-state index is -3.31. The van der Waals surface area contributed by atoms with Crippen LogP contribution in [0, 0.1) is 0 Å². The number of fused-ring (bicyclic) bond motifs is 1. The predicted octanol–water partition coefficient (Wildman–Crippen LogP) is 3.23. The normalized spacial score (nSPS) is 18.7. The van der Waals surface area contributed by atoms with Crippen LogP contribution in [-0.4, -0.2) is 106 Å². The van der Waals surface area contributed by atoms with Crippen LogP contribution < -0.4 is 14.4 Å². The van der Waals surface area contributed by atoms with Gasteiger partial charge in [0.1, 0.15) is 17.1 Å². The molecule has 1 saturated carbocycles. The van der Waals surface area contributed by atoms with Gasteiger partial charge in [-0.2, -0.15) is 4.31 Å². The number of nitrogens with zero attached hydrogens (tertiary/aromatic N) is 5. The number of piperazine rings is 1. The van der Waals surface area contributed by atoms with Crippen molar-refractivity contribution in [1.82, 2.24) is 18.6 Å². The van der Waals surface area contributed by atoms with Crippen molar-refractivity contribution in [1.29, 1.82) is 0 Å². The second-order valence-electron chi connectivity index (χ2n) is 10.3. The summed E-state index contributed by atoms with van der Waals surface area (Å²) in [4.78, 5) is 9.12. The lowest BCUT2D eigenvalue weighted by Gasteiger charge is -2.41. The third-order valence-corrected chi connectivity index (χ3v) is 10.00. The number of benzene rings is 1. The van der Waals surface area contributed by atoms with E-state index in [9.17, 15) is 8.42 Å². The number of methoxy groups -OCH3 is 2. The van der Waals surface area contributed by atoms with Crippen LogP contribution in [0.25, 0.3) is 16.9 Å². The van der Waals surface area contributed by atoms with Gasteiger partial charge >= 0.3 is 0 Å². The maximum Gasteiger partial charge on any atom is 0.217 e. The Hall–Kier alpha value is -2.57. The van der Waals surface area contributed by atoms with Gasteiger partial charge in [-0.25, -0.2) is 13.4 Å². The number of aromatic nitrogens is 2. The largest absolute Gasteiger partial charge is 0.496 e. The van der Waals surface area contributed by atoms with Crippen molar-refractivity contribution in [2.24, 2.45) is 0 Å². The number of halogens is 1. The van der Waals surface area contributed by atoms with Crippen molar-refractivity contribution in [2.45, 2.75) is 24.1 Å². The fraction of sp³-hybridized carbons (Fsp3) is 0.519. The van der Waals surface area contributed by atoms with Gasteiger partial charge in [0.2, 0.25) is 10.0 Å². The van der Waals surface area contributed by atoms with E-state index in [1.165, 1.54) is 0 Å². The Kier molecular flexibility index (Phi) is 8.25. The Morgan fingerprint density at radius 1 is 1.10 bits per heavy atom. The van der Waals surface area contributed by atoms with Gasteiger partial charge in [0.05, 0.1) is 49.4 Å². The van der Waals surface area contributed by atoms with Crippen LogP contribution in [0.3, 0.4) is 0 Å². The SMILES string of the molecule is COc1cc(OC)c(-c2cn3ccc(N4CCN(S(=O)(=O)C5CC5)C(COCCN(C)C)C4)cc3n2)cc1Cl. The molecule has 39 heavy (non-hydrogen) atoms. The Balaban J connectivity index is 1.38. The first kappa shape index (κ1) is 28.0. The van der Waals surface area contributed by atoms with Gasteiger partial charge in [-0.05, 0) is 39.1 Å². The molecule has 1 atom stereocenters. The van der Waals surface area contributed by atoms with Crippen LogP contribution in [0.4, 0.5) is 5.69 Å². The fourth-order valence-electron chi connectivity index (χ4n) is 4.93. The van der Waals surface area contributed by atoms with Crippen LogP contribution in [0.2, 0.25) is 5.02 Å². The van der Waals surface area contributed by atoms with Gasteiger partial charge in [-0.1, -0.05) is 11.6 Å². The van der Waals surface area contributed by atoms with E-state index in [4.69, 9.17) is 30.8 Å². The number of sulfonamides is 1. The Morgan fingerprint density at radius 2 is 1.87 bits per heavy atom. The monoisotopic (exact) mass is 577 g/mol. The first-order valence-electron chi connectivity index (χ1n) is 13.1. The molecule has 3 heterocycles. The van der Waals surface area contributed by atoms with E-state index in [-0.39, 0.29) is 11.3 Å². The molecule has 12 heteroatoms. The zero-order chi connectivity index (χ0) is 27.7. The predicted molar refractivity (Wildman–Crippen MR) is 153 cm³/mol. The number of likely N-dealkylation sites (N-methyl/N-ethyl adjacent to an activating group) is 1. The molecule has 0 N–H and O–H groups in total. The number of anilines is 1. The van der Waals surface area contributed by atoms with Crippen LogP contribution >= 0.6 is 11.6 Å². The lowest BCUT2D eigenvalue weighted by Crippen LogP contribution is -2.57. The molecule has 1 saturated heterocycles. The second kappa shape index (κ2) is 11.5. The minimum Gasteiger partial charge on any atom is -0.496 e. The molecule has 0 amide bonds. The highest BCUT2D eigenvalue weighted by molar-refractivity contribution is 7.90. The third kappa shape index (κ3) is 5.97. The molecule has 1 unspecified atom stereocenters. The zero-order valence-corrected chi connectivity index (χ0v) is 24.4. The molecule has 2 aliphatic rings. The Bertz CT molecular complexity index is 1430. The lowest BCUT2D eigenvalue weighted by molar-refractivity contribution is 0.0748. The molecule has 10 nitrogen and oxygen atoms in total. The van der Waals surface area contributed by atoms with Gasteiger partial charge < -0.3 is 28.4 Å². The summed E-state index contributed by atoms with van der Waals surface area (Å²) in [6.07, 6.45) is 5.40. The van der Waals surface area contributed by atoms with E-state index in [0.29, 0.717) is 49.4 Å². The molecule has 212 valence electrons. The average molecular weight is 578 g/mol. The van der Waals surface area contributed by atoms with Gasteiger partial charge in [-0.15, -0.1) is 0 Å².